The lowest BCUT2D eigenvalue weighted by Crippen LogP contribution is -2.50. The monoisotopic (exact) mass is 539 g/mol. The zero-order chi connectivity index (χ0) is 27.5. The molecule has 39 heavy (non-hydrogen) atoms. The van der Waals surface area contributed by atoms with E-state index in [1.165, 1.54) is 12.1 Å². The first-order valence-electron chi connectivity index (χ1n) is 12.8. The Morgan fingerprint density at radius 3 is 2.51 bits per heavy atom. The number of nitrogens with zero attached hydrogens (tertiary/aromatic N) is 1. The molecule has 2 aromatic carbocycles. The number of fused-ring (bicyclic) bond motifs is 3. The summed E-state index contributed by atoms with van der Waals surface area (Å²) < 4.78 is 61.2. The molecule has 0 unspecified atom stereocenters. The van der Waals surface area contributed by atoms with E-state index in [0.717, 1.165) is 29.7 Å². The molecular weight excluding hydrogens is 511 g/mol. The molecule has 0 spiro atoms. The Labute approximate surface area is 223 Å². The number of ether oxygens (including phenoxy) is 3. The molecule has 2 N–H and O–H groups in total. The van der Waals surface area contributed by atoms with Crippen molar-refractivity contribution in [2.45, 2.75) is 37.9 Å². The maximum absolute atomic E-state index is 15.1. The Kier molecular flexibility index (Phi) is 6.31. The van der Waals surface area contributed by atoms with Gasteiger partial charge < -0.3 is 24.4 Å². The first-order valence-corrected chi connectivity index (χ1v) is 12.8. The second-order valence-electron chi connectivity index (χ2n) is 10.8. The fourth-order valence-corrected chi connectivity index (χ4v) is 5.78. The van der Waals surface area contributed by atoms with Crippen molar-refractivity contribution in [3.05, 3.63) is 88.6 Å². The highest BCUT2D eigenvalue weighted by atomic mass is 19.1. The van der Waals surface area contributed by atoms with E-state index in [0.29, 0.717) is 17.4 Å². The Balaban J connectivity index is 1.17. The van der Waals surface area contributed by atoms with Crippen LogP contribution in [-0.4, -0.2) is 40.6 Å². The summed E-state index contributed by atoms with van der Waals surface area (Å²) >= 11 is 0. The van der Waals surface area contributed by atoms with Gasteiger partial charge in [0, 0.05) is 42.3 Å². The van der Waals surface area contributed by atoms with Crippen molar-refractivity contribution in [1.82, 2.24) is 4.98 Å². The number of allylic oxidation sites excluding steroid dienone is 1. The summed E-state index contributed by atoms with van der Waals surface area (Å²) in [7, 11) is 0. The van der Waals surface area contributed by atoms with E-state index >= 15 is 8.78 Å². The lowest BCUT2D eigenvalue weighted by Gasteiger charge is -2.36. The quantitative estimate of drug-likeness (QED) is 0.348. The molecule has 6 nitrogen and oxygen atoms in total. The molecule has 9 heteroatoms. The molecule has 2 fully saturated rings. The number of halogens is 3. The fourth-order valence-electron chi connectivity index (χ4n) is 5.78. The number of aromatic nitrogens is 1. The van der Waals surface area contributed by atoms with Crippen molar-refractivity contribution in [3.8, 4) is 22.8 Å². The number of hydrogen-bond donors (Lipinski definition) is 2. The molecule has 0 amide bonds. The first kappa shape index (κ1) is 25.7. The Hall–Kier alpha value is -3.56. The van der Waals surface area contributed by atoms with E-state index in [4.69, 9.17) is 14.2 Å². The van der Waals surface area contributed by atoms with Gasteiger partial charge >= 0.3 is 0 Å². The van der Waals surface area contributed by atoms with Crippen molar-refractivity contribution in [2.75, 3.05) is 19.8 Å². The molecule has 2 aliphatic carbocycles. The maximum atomic E-state index is 15.1. The van der Waals surface area contributed by atoms with Gasteiger partial charge in [-0.1, -0.05) is 6.58 Å². The molecule has 3 atom stereocenters. The van der Waals surface area contributed by atoms with Gasteiger partial charge in [-0.3, -0.25) is 0 Å². The van der Waals surface area contributed by atoms with Gasteiger partial charge in [0.05, 0.1) is 31.1 Å². The zero-order valence-corrected chi connectivity index (χ0v) is 21.3. The average Bonchev–Trinajstić information content (AvgIpc) is 3.45. The van der Waals surface area contributed by atoms with Gasteiger partial charge in [-0.05, 0) is 59.6 Å². The van der Waals surface area contributed by atoms with Gasteiger partial charge in [0.1, 0.15) is 35.4 Å². The molecule has 3 aromatic rings. The molecule has 1 aliphatic heterocycles. The fraction of sp³-hybridized carbons (Fsp3) is 0.367. The molecule has 1 aromatic heterocycles. The van der Waals surface area contributed by atoms with Crippen molar-refractivity contribution < 1.29 is 37.6 Å². The van der Waals surface area contributed by atoms with Crippen LogP contribution in [0.25, 0.3) is 11.1 Å². The highest BCUT2D eigenvalue weighted by Gasteiger charge is 2.57. The second-order valence-corrected chi connectivity index (χ2v) is 10.8. The van der Waals surface area contributed by atoms with E-state index in [2.05, 4.69) is 11.6 Å². The predicted octanol–water partition coefficient (Wildman–Crippen LogP) is 5.54. The van der Waals surface area contributed by atoms with Crippen LogP contribution in [0.4, 0.5) is 13.2 Å². The number of rotatable bonds is 9. The van der Waals surface area contributed by atoms with E-state index in [9.17, 15) is 14.6 Å². The van der Waals surface area contributed by atoms with Crippen LogP contribution in [0.1, 0.15) is 34.6 Å². The molecule has 204 valence electrons. The van der Waals surface area contributed by atoms with Crippen LogP contribution in [0, 0.1) is 36.2 Å². The number of aryl methyl sites for hydroxylation is 1. The zero-order valence-electron chi connectivity index (χ0n) is 21.3. The van der Waals surface area contributed by atoms with Gasteiger partial charge in [-0.25, -0.2) is 18.2 Å². The normalized spacial score (nSPS) is 22.0. The van der Waals surface area contributed by atoms with E-state index in [1.807, 2.05) is 6.07 Å². The van der Waals surface area contributed by atoms with Crippen LogP contribution in [0.2, 0.25) is 0 Å². The molecule has 6 rings (SSSR count). The third-order valence-corrected chi connectivity index (χ3v) is 8.00. The van der Waals surface area contributed by atoms with Crippen LogP contribution in [0.3, 0.4) is 0 Å². The number of hydrogen-bond acceptors (Lipinski definition) is 6. The minimum atomic E-state index is -0.963. The van der Waals surface area contributed by atoms with Gasteiger partial charge in [-0.2, -0.15) is 0 Å². The second kappa shape index (κ2) is 9.57. The van der Waals surface area contributed by atoms with Crippen molar-refractivity contribution >= 4 is 0 Å². The van der Waals surface area contributed by atoms with Crippen LogP contribution < -0.4 is 9.47 Å². The molecule has 1 saturated carbocycles. The number of pyridine rings is 1. The lowest BCUT2D eigenvalue weighted by molar-refractivity contribution is -0.184. The third-order valence-electron chi connectivity index (χ3n) is 8.00. The molecule has 3 aliphatic rings. The highest BCUT2D eigenvalue weighted by Crippen LogP contribution is 2.63. The van der Waals surface area contributed by atoms with Gasteiger partial charge in [0.2, 0.25) is 5.88 Å². The predicted molar refractivity (Wildman–Crippen MR) is 136 cm³/mol. The Bertz CT molecular complexity index is 1450. The van der Waals surface area contributed by atoms with Gasteiger partial charge in [0.15, 0.2) is 0 Å². The van der Waals surface area contributed by atoms with E-state index in [-0.39, 0.29) is 72.9 Å². The van der Waals surface area contributed by atoms with E-state index in [1.54, 1.807) is 13.1 Å². The summed E-state index contributed by atoms with van der Waals surface area (Å²) in [5.41, 5.74) is 1.60. The van der Waals surface area contributed by atoms with Crippen molar-refractivity contribution in [2.24, 2.45) is 11.8 Å². The number of aliphatic hydroxyl groups is 2. The summed E-state index contributed by atoms with van der Waals surface area (Å²) in [6, 6.07) is 6.59. The van der Waals surface area contributed by atoms with Gasteiger partial charge in [0.25, 0.3) is 0 Å². The summed E-state index contributed by atoms with van der Waals surface area (Å²) in [5, 5.41) is 19.8. The summed E-state index contributed by atoms with van der Waals surface area (Å²) in [6.45, 7) is 5.54. The standard InChI is InChI=1S/C30H28F3NO5/c1-15-5-23(31)18(12-39-26-8-17-6-21-27(16(2)35)28(21)22(17)11-34-26)7-20(15)29-24(32)9-19(10-25(29)33)38-4-3-30(36)13-37-14-30/h5,7-11,21,27-28,35-36H,2-4,6,12-14H2,1H3/t21-,27-,28+/m0/s1. The lowest BCUT2D eigenvalue weighted by atomic mass is 9.96. The molecular formula is C30H28F3NO5. The summed E-state index contributed by atoms with van der Waals surface area (Å²) in [5.74, 6) is -1.07. The van der Waals surface area contributed by atoms with E-state index < -0.39 is 23.1 Å². The number of aliphatic hydroxyl groups excluding tert-OH is 1. The van der Waals surface area contributed by atoms with Crippen LogP contribution in [-0.2, 0) is 17.8 Å². The third kappa shape index (κ3) is 4.74. The largest absolute Gasteiger partial charge is 0.513 e. The topological polar surface area (TPSA) is 81.0 Å². The van der Waals surface area contributed by atoms with Crippen LogP contribution in [0.15, 0.2) is 48.9 Å². The minimum Gasteiger partial charge on any atom is -0.513 e. The van der Waals surface area contributed by atoms with Gasteiger partial charge in [-0.15, -0.1) is 0 Å². The molecule has 0 radical (unpaired) electrons. The SMILES string of the molecule is C=C(O)[C@H]1[C@@H]2Cc3cc(OCc4cc(-c5c(F)cc(OCCC6(O)COC6)cc5F)c(C)cc4F)ncc3[C@@H]21. The Morgan fingerprint density at radius 1 is 1.10 bits per heavy atom. The minimum absolute atomic E-state index is 0.00384. The van der Waals surface area contributed by atoms with Crippen molar-refractivity contribution in [3.63, 3.8) is 0 Å². The van der Waals surface area contributed by atoms with Crippen LogP contribution in [0.5, 0.6) is 11.6 Å². The molecule has 0 bridgehead atoms. The smallest absolute Gasteiger partial charge is 0.213 e. The Morgan fingerprint density at radius 2 is 1.85 bits per heavy atom. The average molecular weight is 540 g/mol. The first-order chi connectivity index (χ1) is 18.6. The molecule has 1 saturated heterocycles. The number of benzene rings is 2. The highest BCUT2D eigenvalue weighted by molar-refractivity contribution is 5.70. The summed E-state index contributed by atoms with van der Waals surface area (Å²) in [6.07, 6.45) is 2.79. The molecule has 2 heterocycles. The van der Waals surface area contributed by atoms with Crippen molar-refractivity contribution in [1.29, 1.82) is 0 Å². The maximum Gasteiger partial charge on any atom is 0.213 e. The van der Waals surface area contributed by atoms with Crippen LogP contribution >= 0.6 is 0 Å². The summed E-state index contributed by atoms with van der Waals surface area (Å²) in [4.78, 5) is 4.34.